The average molecular weight is 256 g/mol. The molecule has 1 aliphatic carbocycles. The highest BCUT2D eigenvalue weighted by Crippen LogP contribution is 2.24. The third-order valence-electron chi connectivity index (χ3n) is 3.07. The van der Waals surface area contributed by atoms with Crippen molar-refractivity contribution < 1.29 is 9.53 Å². The molecule has 0 heterocycles. The van der Waals surface area contributed by atoms with Crippen LogP contribution in [0.25, 0.3) is 0 Å². The summed E-state index contributed by atoms with van der Waals surface area (Å²) in [6.45, 7) is 10.2. The molecule has 1 fully saturated rings. The second-order valence-electron chi connectivity index (χ2n) is 6.98. The van der Waals surface area contributed by atoms with E-state index >= 15 is 0 Å². The molecule has 0 aromatic heterocycles. The summed E-state index contributed by atoms with van der Waals surface area (Å²) in [7, 11) is 3.51. The maximum Gasteiger partial charge on any atom is 0.327 e. The van der Waals surface area contributed by atoms with Crippen molar-refractivity contribution in [1.29, 1.82) is 0 Å². The minimum Gasteiger partial charge on any atom is -0.468 e. The molecular formula is C14H28N2O2. The van der Waals surface area contributed by atoms with E-state index in [-0.39, 0.29) is 11.4 Å². The molecule has 0 bridgehead atoms. The fourth-order valence-electron chi connectivity index (χ4n) is 2.48. The Hall–Kier alpha value is -0.610. The number of rotatable bonds is 6. The van der Waals surface area contributed by atoms with E-state index in [0.717, 1.165) is 19.4 Å². The number of likely N-dealkylation sites (N-methyl/N-ethyl adjacent to an activating group) is 1. The van der Waals surface area contributed by atoms with Gasteiger partial charge in [-0.1, -0.05) is 20.8 Å². The molecule has 1 aliphatic rings. The second kappa shape index (κ2) is 5.57. The first-order valence-electron chi connectivity index (χ1n) is 6.71. The van der Waals surface area contributed by atoms with Crippen molar-refractivity contribution in [1.82, 2.24) is 10.2 Å². The van der Waals surface area contributed by atoms with Crippen molar-refractivity contribution in [3.05, 3.63) is 0 Å². The van der Waals surface area contributed by atoms with E-state index in [2.05, 4.69) is 38.0 Å². The zero-order valence-electron chi connectivity index (χ0n) is 12.7. The lowest BCUT2D eigenvalue weighted by molar-refractivity contribution is -0.148. The van der Waals surface area contributed by atoms with E-state index in [1.165, 1.54) is 7.11 Å². The van der Waals surface area contributed by atoms with Crippen LogP contribution in [-0.2, 0) is 9.53 Å². The Balaban J connectivity index is 2.62. The second-order valence-corrected chi connectivity index (χ2v) is 6.98. The van der Waals surface area contributed by atoms with Gasteiger partial charge < -0.3 is 9.64 Å². The van der Waals surface area contributed by atoms with E-state index in [1.807, 2.05) is 6.92 Å². The number of hydrogen-bond donors (Lipinski definition) is 1. The first-order valence-corrected chi connectivity index (χ1v) is 6.71. The molecule has 0 radical (unpaired) electrons. The van der Waals surface area contributed by atoms with Gasteiger partial charge in [-0.15, -0.1) is 0 Å². The normalized spacial score (nSPS) is 19.7. The Labute approximate surface area is 111 Å². The monoisotopic (exact) mass is 256 g/mol. The lowest BCUT2D eigenvalue weighted by atomic mass is 9.94. The minimum absolute atomic E-state index is 0.171. The van der Waals surface area contributed by atoms with Crippen molar-refractivity contribution in [3.63, 3.8) is 0 Å². The van der Waals surface area contributed by atoms with E-state index < -0.39 is 5.54 Å². The molecule has 0 spiro atoms. The van der Waals surface area contributed by atoms with Crippen LogP contribution in [0.1, 0.15) is 40.5 Å². The maximum absolute atomic E-state index is 12.0. The quantitative estimate of drug-likeness (QED) is 0.734. The molecule has 0 aromatic rings. The third kappa shape index (κ3) is 4.94. The average Bonchev–Trinajstić information content (AvgIpc) is 2.96. The number of carbonyl (C=O) groups is 1. The Morgan fingerprint density at radius 1 is 1.28 bits per heavy atom. The van der Waals surface area contributed by atoms with Crippen molar-refractivity contribution in [2.45, 2.75) is 52.1 Å². The van der Waals surface area contributed by atoms with Crippen LogP contribution < -0.4 is 5.32 Å². The number of hydrogen-bond acceptors (Lipinski definition) is 4. The van der Waals surface area contributed by atoms with E-state index in [4.69, 9.17) is 4.74 Å². The topological polar surface area (TPSA) is 41.6 Å². The first-order chi connectivity index (χ1) is 8.16. The fourth-order valence-corrected chi connectivity index (χ4v) is 2.48. The van der Waals surface area contributed by atoms with Gasteiger partial charge in [-0.2, -0.15) is 0 Å². The zero-order chi connectivity index (χ0) is 14.0. The standard InChI is InChI=1S/C14H28N2O2/c1-13(2,3)9-16(5)10-14(4,12(17)18-6)15-11-7-8-11/h11,15H,7-10H2,1-6H3. The Morgan fingerprint density at radius 3 is 2.22 bits per heavy atom. The van der Waals surface area contributed by atoms with Gasteiger partial charge in [0, 0.05) is 19.1 Å². The molecule has 106 valence electrons. The number of methoxy groups -OCH3 is 1. The first kappa shape index (κ1) is 15.4. The van der Waals surface area contributed by atoms with Crippen molar-refractivity contribution in [2.75, 3.05) is 27.2 Å². The summed E-state index contributed by atoms with van der Waals surface area (Å²) in [5, 5.41) is 3.42. The van der Waals surface area contributed by atoms with Gasteiger partial charge in [0.05, 0.1) is 7.11 Å². The van der Waals surface area contributed by atoms with Crippen LogP contribution in [0.15, 0.2) is 0 Å². The number of ether oxygens (including phenoxy) is 1. The molecule has 0 amide bonds. The van der Waals surface area contributed by atoms with Gasteiger partial charge in [-0.3, -0.25) is 10.1 Å². The zero-order valence-corrected chi connectivity index (χ0v) is 12.7. The van der Waals surface area contributed by atoms with Gasteiger partial charge in [0.15, 0.2) is 0 Å². The van der Waals surface area contributed by atoms with Crippen LogP contribution in [0.5, 0.6) is 0 Å². The summed E-state index contributed by atoms with van der Waals surface area (Å²) < 4.78 is 4.95. The Kier molecular flexibility index (Phi) is 4.78. The van der Waals surface area contributed by atoms with Gasteiger partial charge >= 0.3 is 5.97 Å². The van der Waals surface area contributed by atoms with E-state index in [1.54, 1.807) is 0 Å². The van der Waals surface area contributed by atoms with Gasteiger partial charge in [-0.25, -0.2) is 0 Å². The Morgan fingerprint density at radius 2 is 1.83 bits per heavy atom. The molecule has 0 aromatic carbocycles. The predicted molar refractivity (Wildman–Crippen MR) is 73.5 cm³/mol. The molecule has 1 unspecified atom stereocenters. The SMILES string of the molecule is COC(=O)C(C)(CN(C)CC(C)(C)C)NC1CC1. The van der Waals surface area contributed by atoms with E-state index in [9.17, 15) is 4.79 Å². The minimum atomic E-state index is -0.601. The van der Waals surface area contributed by atoms with Crippen LogP contribution in [0, 0.1) is 5.41 Å². The van der Waals surface area contributed by atoms with Crippen LogP contribution in [-0.4, -0.2) is 49.7 Å². The van der Waals surface area contributed by atoms with Gasteiger partial charge in [0.1, 0.15) is 5.54 Å². The highest BCUT2D eigenvalue weighted by molar-refractivity contribution is 5.80. The lowest BCUT2D eigenvalue weighted by Crippen LogP contribution is -2.58. The molecule has 0 aliphatic heterocycles. The molecule has 1 atom stereocenters. The summed E-state index contributed by atoms with van der Waals surface area (Å²) in [5.74, 6) is -0.171. The van der Waals surface area contributed by atoms with Crippen molar-refractivity contribution in [2.24, 2.45) is 5.41 Å². The van der Waals surface area contributed by atoms with E-state index in [0.29, 0.717) is 12.6 Å². The summed E-state index contributed by atoms with van der Waals surface area (Å²) in [6.07, 6.45) is 2.32. The molecular weight excluding hydrogens is 228 g/mol. The number of carbonyl (C=O) groups excluding carboxylic acids is 1. The molecule has 18 heavy (non-hydrogen) atoms. The number of esters is 1. The third-order valence-corrected chi connectivity index (χ3v) is 3.07. The predicted octanol–water partition coefficient (Wildman–Crippen LogP) is 1.65. The van der Waals surface area contributed by atoms with Gasteiger partial charge in [0.25, 0.3) is 0 Å². The Bertz CT molecular complexity index is 295. The summed E-state index contributed by atoms with van der Waals surface area (Å²) in [5.41, 5.74) is -0.374. The van der Waals surface area contributed by atoms with Gasteiger partial charge in [0.2, 0.25) is 0 Å². The molecule has 0 saturated heterocycles. The van der Waals surface area contributed by atoms with Crippen LogP contribution in [0.4, 0.5) is 0 Å². The molecule has 1 rings (SSSR count). The molecule has 4 nitrogen and oxygen atoms in total. The largest absolute Gasteiger partial charge is 0.468 e. The fraction of sp³-hybridized carbons (Fsp3) is 0.929. The molecule has 1 saturated carbocycles. The van der Waals surface area contributed by atoms with Crippen molar-refractivity contribution in [3.8, 4) is 0 Å². The lowest BCUT2D eigenvalue weighted by Gasteiger charge is -2.35. The number of nitrogens with one attached hydrogen (secondary N) is 1. The molecule has 1 N–H and O–H groups in total. The smallest absolute Gasteiger partial charge is 0.327 e. The maximum atomic E-state index is 12.0. The van der Waals surface area contributed by atoms with Crippen molar-refractivity contribution >= 4 is 5.97 Å². The molecule has 4 heteroatoms. The summed E-state index contributed by atoms with van der Waals surface area (Å²) >= 11 is 0. The number of nitrogens with zero attached hydrogens (tertiary/aromatic N) is 1. The van der Waals surface area contributed by atoms with Crippen LogP contribution >= 0.6 is 0 Å². The summed E-state index contributed by atoms with van der Waals surface area (Å²) in [4.78, 5) is 14.2. The summed E-state index contributed by atoms with van der Waals surface area (Å²) in [6, 6.07) is 0.483. The highest BCUT2D eigenvalue weighted by atomic mass is 16.5. The van der Waals surface area contributed by atoms with Crippen LogP contribution in [0.2, 0.25) is 0 Å². The van der Waals surface area contributed by atoms with Crippen LogP contribution in [0.3, 0.4) is 0 Å². The van der Waals surface area contributed by atoms with Gasteiger partial charge in [-0.05, 0) is 32.2 Å². The highest BCUT2D eigenvalue weighted by Gasteiger charge is 2.40.